The van der Waals surface area contributed by atoms with Crippen LogP contribution in [0.3, 0.4) is 0 Å². The second-order valence-electron chi connectivity index (χ2n) is 8.55. The molecule has 1 aliphatic rings. The van der Waals surface area contributed by atoms with Crippen molar-refractivity contribution in [2.24, 2.45) is 0 Å². The number of hydrogen-bond acceptors (Lipinski definition) is 4. The number of carbonyl (C=O) groups excluding carboxylic acids is 1. The number of nitrogens with one attached hydrogen (secondary N) is 1. The first-order chi connectivity index (χ1) is 16.1. The van der Waals surface area contributed by atoms with E-state index in [0.29, 0.717) is 26.2 Å². The maximum Gasteiger partial charge on any atom is 0.263 e. The molecule has 3 heterocycles. The Morgan fingerprint density at radius 3 is 2.73 bits per heavy atom. The number of benzene rings is 2. The molecule has 0 saturated carbocycles. The highest BCUT2D eigenvalue weighted by Gasteiger charge is 2.24. The number of fused-ring (bicyclic) bond motifs is 1. The van der Waals surface area contributed by atoms with E-state index in [2.05, 4.69) is 16.0 Å². The third-order valence-corrected chi connectivity index (χ3v) is 6.15. The van der Waals surface area contributed by atoms with Crippen molar-refractivity contribution in [1.82, 2.24) is 19.4 Å². The zero-order chi connectivity index (χ0) is 22.8. The van der Waals surface area contributed by atoms with Crippen LogP contribution in [0, 0.1) is 6.92 Å². The molecule has 168 valence electrons. The minimum Gasteiger partial charge on any atom is -0.341 e. The third-order valence-electron chi connectivity index (χ3n) is 6.15. The molecule has 2 aromatic heterocycles. The number of anilines is 1. The van der Waals surface area contributed by atoms with E-state index in [-0.39, 0.29) is 17.0 Å². The number of imidazole rings is 1. The first kappa shape index (κ1) is 21.0. The zero-order valence-corrected chi connectivity index (χ0v) is 18.7. The monoisotopic (exact) mass is 441 g/mol. The average molecular weight is 442 g/mol. The standard InChI is InChI=1S/C26H27N5O2/c1-19-7-4-8-20(17-19)18-31-12-5-9-21(25(31)33)24(32)29-13-6-14-30(16-15-29)26-27-22-10-2-3-11-23(22)28-26/h2-5,7-12,17H,6,13-16,18H2,1H3,(H,27,28). The number of H-pyrrole nitrogens is 1. The van der Waals surface area contributed by atoms with Crippen molar-refractivity contribution < 1.29 is 4.79 Å². The molecule has 5 rings (SSSR count). The average Bonchev–Trinajstić information content (AvgIpc) is 3.09. The van der Waals surface area contributed by atoms with E-state index >= 15 is 0 Å². The molecule has 0 radical (unpaired) electrons. The molecule has 0 atom stereocenters. The quantitative estimate of drug-likeness (QED) is 0.527. The van der Waals surface area contributed by atoms with Crippen molar-refractivity contribution >= 4 is 22.9 Å². The number of aryl methyl sites for hydroxylation is 1. The maximum atomic E-state index is 13.3. The SMILES string of the molecule is Cc1cccc(Cn2cccc(C(=O)N3CCCN(c4nc5ccccc5[nH]4)CC3)c2=O)c1. The van der Waals surface area contributed by atoms with Gasteiger partial charge in [-0.05, 0) is 43.2 Å². The van der Waals surface area contributed by atoms with Gasteiger partial charge in [0.05, 0.1) is 17.6 Å². The minimum absolute atomic E-state index is 0.204. The third kappa shape index (κ3) is 4.39. The lowest BCUT2D eigenvalue weighted by atomic mass is 10.1. The number of pyridine rings is 1. The van der Waals surface area contributed by atoms with E-state index in [1.54, 1.807) is 27.8 Å². The number of para-hydroxylation sites is 2. The summed E-state index contributed by atoms with van der Waals surface area (Å²) >= 11 is 0. The van der Waals surface area contributed by atoms with Crippen molar-refractivity contribution in [2.75, 3.05) is 31.1 Å². The second-order valence-corrected chi connectivity index (χ2v) is 8.55. The Labute approximate surface area is 192 Å². The van der Waals surface area contributed by atoms with Crippen molar-refractivity contribution in [3.8, 4) is 0 Å². The number of hydrogen-bond donors (Lipinski definition) is 1. The summed E-state index contributed by atoms with van der Waals surface area (Å²) in [4.78, 5) is 38.4. The van der Waals surface area contributed by atoms with E-state index in [1.807, 2.05) is 49.4 Å². The van der Waals surface area contributed by atoms with E-state index in [1.165, 1.54) is 0 Å². The van der Waals surface area contributed by atoms with Gasteiger partial charge in [-0.1, -0.05) is 42.0 Å². The molecule has 1 N–H and O–H groups in total. The molecule has 0 bridgehead atoms. The lowest BCUT2D eigenvalue weighted by molar-refractivity contribution is 0.0764. The topological polar surface area (TPSA) is 74.2 Å². The van der Waals surface area contributed by atoms with Gasteiger partial charge in [0.25, 0.3) is 11.5 Å². The Bertz CT molecular complexity index is 1320. The fourth-order valence-electron chi connectivity index (χ4n) is 4.42. The predicted molar refractivity (Wildman–Crippen MR) is 130 cm³/mol. The van der Waals surface area contributed by atoms with Crippen LogP contribution in [0.5, 0.6) is 0 Å². The van der Waals surface area contributed by atoms with Gasteiger partial charge in [0.1, 0.15) is 5.56 Å². The summed E-state index contributed by atoms with van der Waals surface area (Å²) < 4.78 is 1.61. The van der Waals surface area contributed by atoms with Crippen LogP contribution in [-0.4, -0.2) is 51.5 Å². The largest absolute Gasteiger partial charge is 0.341 e. The summed E-state index contributed by atoms with van der Waals surface area (Å²) in [7, 11) is 0. The van der Waals surface area contributed by atoms with Crippen molar-refractivity contribution in [1.29, 1.82) is 0 Å². The van der Waals surface area contributed by atoms with Gasteiger partial charge in [0.2, 0.25) is 5.95 Å². The van der Waals surface area contributed by atoms with Crippen LogP contribution in [0.1, 0.15) is 27.9 Å². The van der Waals surface area contributed by atoms with E-state index in [0.717, 1.165) is 41.1 Å². The van der Waals surface area contributed by atoms with E-state index in [4.69, 9.17) is 4.98 Å². The van der Waals surface area contributed by atoms with Crippen LogP contribution in [0.4, 0.5) is 5.95 Å². The van der Waals surface area contributed by atoms with Crippen LogP contribution in [0.15, 0.2) is 71.7 Å². The fourth-order valence-corrected chi connectivity index (χ4v) is 4.42. The molecule has 0 unspecified atom stereocenters. The van der Waals surface area contributed by atoms with Crippen LogP contribution < -0.4 is 10.5 Å². The molecule has 1 aliphatic heterocycles. The summed E-state index contributed by atoms with van der Waals surface area (Å²) in [5.41, 5.74) is 4.10. The smallest absolute Gasteiger partial charge is 0.263 e. The van der Waals surface area contributed by atoms with Crippen LogP contribution in [0.25, 0.3) is 11.0 Å². The molecule has 7 heteroatoms. The zero-order valence-electron chi connectivity index (χ0n) is 18.7. The fraction of sp³-hybridized carbons (Fsp3) is 0.269. The summed E-state index contributed by atoms with van der Waals surface area (Å²) in [5.74, 6) is 0.621. The van der Waals surface area contributed by atoms with Gasteiger partial charge in [-0.2, -0.15) is 0 Å². The molecular weight excluding hydrogens is 414 g/mol. The highest BCUT2D eigenvalue weighted by molar-refractivity contribution is 5.94. The number of aromatic nitrogens is 3. The van der Waals surface area contributed by atoms with Gasteiger partial charge in [0.15, 0.2) is 0 Å². The molecule has 4 aromatic rings. The molecule has 1 amide bonds. The number of rotatable bonds is 4. The number of carbonyl (C=O) groups is 1. The normalized spacial score (nSPS) is 14.5. The Morgan fingerprint density at radius 2 is 1.88 bits per heavy atom. The summed E-state index contributed by atoms with van der Waals surface area (Å²) in [6, 6.07) is 19.4. The van der Waals surface area contributed by atoms with Crippen LogP contribution in [-0.2, 0) is 6.54 Å². The summed E-state index contributed by atoms with van der Waals surface area (Å²) in [5, 5.41) is 0. The second kappa shape index (κ2) is 8.94. The molecule has 1 saturated heterocycles. The summed E-state index contributed by atoms with van der Waals surface area (Å²) in [6.07, 6.45) is 2.56. The Morgan fingerprint density at radius 1 is 1.00 bits per heavy atom. The van der Waals surface area contributed by atoms with E-state index in [9.17, 15) is 9.59 Å². The number of amides is 1. The Balaban J connectivity index is 1.32. The van der Waals surface area contributed by atoms with Crippen LogP contribution >= 0.6 is 0 Å². The molecule has 1 fully saturated rings. The molecule has 0 aliphatic carbocycles. The van der Waals surface area contributed by atoms with Crippen molar-refractivity contribution in [3.63, 3.8) is 0 Å². The molecular formula is C26H27N5O2. The van der Waals surface area contributed by atoms with Crippen LogP contribution in [0.2, 0.25) is 0 Å². The van der Waals surface area contributed by atoms with Gasteiger partial charge in [-0.25, -0.2) is 4.98 Å². The molecule has 7 nitrogen and oxygen atoms in total. The highest BCUT2D eigenvalue weighted by Crippen LogP contribution is 2.19. The van der Waals surface area contributed by atoms with Gasteiger partial charge in [-0.15, -0.1) is 0 Å². The lowest BCUT2D eigenvalue weighted by Gasteiger charge is -2.22. The Kier molecular flexibility index (Phi) is 5.69. The van der Waals surface area contributed by atoms with E-state index < -0.39 is 0 Å². The van der Waals surface area contributed by atoms with Gasteiger partial charge in [0, 0.05) is 32.4 Å². The highest BCUT2D eigenvalue weighted by atomic mass is 16.2. The van der Waals surface area contributed by atoms with Gasteiger partial charge in [-0.3, -0.25) is 9.59 Å². The predicted octanol–water partition coefficient (Wildman–Crippen LogP) is 3.43. The first-order valence-electron chi connectivity index (χ1n) is 11.3. The maximum absolute atomic E-state index is 13.3. The Hall–Kier alpha value is -3.87. The number of aromatic amines is 1. The molecule has 2 aromatic carbocycles. The van der Waals surface area contributed by atoms with Crippen molar-refractivity contribution in [2.45, 2.75) is 19.9 Å². The van der Waals surface area contributed by atoms with Crippen molar-refractivity contribution in [3.05, 3.63) is 93.9 Å². The summed E-state index contributed by atoms with van der Waals surface area (Å²) in [6.45, 7) is 5.09. The minimum atomic E-state index is -0.248. The first-order valence-corrected chi connectivity index (χ1v) is 11.3. The van der Waals surface area contributed by atoms with Gasteiger partial charge >= 0.3 is 0 Å². The number of nitrogens with zero attached hydrogens (tertiary/aromatic N) is 4. The van der Waals surface area contributed by atoms with Gasteiger partial charge < -0.3 is 19.4 Å². The lowest BCUT2D eigenvalue weighted by Crippen LogP contribution is -2.39. The molecule has 33 heavy (non-hydrogen) atoms. The molecule has 0 spiro atoms.